The minimum absolute atomic E-state index is 0.0358. The predicted molar refractivity (Wildman–Crippen MR) is 81.9 cm³/mol. The van der Waals surface area contributed by atoms with Crippen LogP contribution in [0.1, 0.15) is 48.9 Å². The van der Waals surface area contributed by atoms with E-state index in [4.69, 9.17) is 9.79 Å². The van der Waals surface area contributed by atoms with Crippen LogP contribution >= 0.6 is 7.82 Å². The molecule has 0 aliphatic heterocycles. The van der Waals surface area contributed by atoms with Crippen LogP contribution in [0.3, 0.4) is 0 Å². The van der Waals surface area contributed by atoms with E-state index in [9.17, 15) is 9.67 Å². The minimum atomic E-state index is -4.58. The van der Waals surface area contributed by atoms with E-state index in [-0.39, 0.29) is 18.4 Å². The molecule has 2 rings (SSSR count). The second-order valence-corrected chi connectivity index (χ2v) is 6.70. The molecule has 1 heterocycles. The Morgan fingerprint density at radius 2 is 2.09 bits per heavy atom. The zero-order valence-electron chi connectivity index (χ0n) is 12.5. The first kappa shape index (κ1) is 17.1. The van der Waals surface area contributed by atoms with E-state index in [1.807, 2.05) is 0 Å². The number of nitrogens with zero attached hydrogens (tertiary/aromatic N) is 2. The Morgan fingerprint density at radius 3 is 2.73 bits per heavy atom. The van der Waals surface area contributed by atoms with Gasteiger partial charge in [-0.05, 0) is 19.8 Å². The number of hydrogen-bond acceptors (Lipinski definition) is 5. The summed E-state index contributed by atoms with van der Waals surface area (Å²) in [6.45, 7) is 1.32. The van der Waals surface area contributed by atoms with Crippen LogP contribution in [0.2, 0.25) is 0 Å². The summed E-state index contributed by atoms with van der Waals surface area (Å²) in [7, 11) is -4.58. The highest BCUT2D eigenvalue weighted by Gasteiger charge is 2.18. The summed E-state index contributed by atoms with van der Waals surface area (Å²) in [4.78, 5) is 26.1. The number of aromatic hydroxyl groups is 1. The fourth-order valence-electron chi connectivity index (χ4n) is 2.48. The van der Waals surface area contributed by atoms with E-state index >= 15 is 0 Å². The second kappa shape index (κ2) is 7.33. The van der Waals surface area contributed by atoms with Gasteiger partial charge in [-0.1, -0.05) is 19.3 Å². The Labute approximate surface area is 129 Å². The summed E-state index contributed by atoms with van der Waals surface area (Å²) in [5, 5.41) is 10.1. The number of aryl methyl sites for hydroxylation is 1. The van der Waals surface area contributed by atoms with Crippen molar-refractivity contribution < 1.29 is 24.0 Å². The molecule has 0 unspecified atom stereocenters. The first-order valence-electron chi connectivity index (χ1n) is 7.27. The van der Waals surface area contributed by atoms with Gasteiger partial charge < -0.3 is 14.9 Å². The fraction of sp³-hybridized carbons (Fsp3) is 0.571. The van der Waals surface area contributed by atoms with Gasteiger partial charge in [-0.15, -0.1) is 0 Å². The lowest BCUT2D eigenvalue weighted by molar-refractivity contribution is 0.188. The van der Waals surface area contributed by atoms with Crippen LogP contribution < -0.4 is 0 Å². The molecule has 122 valence electrons. The third kappa shape index (κ3) is 4.88. The number of aromatic nitrogens is 1. The maximum Gasteiger partial charge on any atom is 0.469 e. The van der Waals surface area contributed by atoms with Crippen molar-refractivity contribution in [1.82, 2.24) is 4.98 Å². The van der Waals surface area contributed by atoms with Crippen molar-refractivity contribution in [3.8, 4) is 5.75 Å². The van der Waals surface area contributed by atoms with E-state index in [1.165, 1.54) is 12.6 Å². The third-order valence-electron chi connectivity index (χ3n) is 3.74. The highest BCUT2D eigenvalue weighted by atomic mass is 31.2. The Morgan fingerprint density at radius 1 is 1.41 bits per heavy atom. The lowest BCUT2D eigenvalue weighted by Crippen LogP contribution is -2.10. The normalized spacial score (nSPS) is 17.2. The number of hydrogen-bond donors (Lipinski definition) is 3. The summed E-state index contributed by atoms with van der Waals surface area (Å²) in [5.74, 6) is -0.0358. The van der Waals surface area contributed by atoms with Crippen molar-refractivity contribution in [3.63, 3.8) is 0 Å². The molecule has 1 fully saturated rings. The molecule has 0 radical (unpaired) electrons. The fourth-order valence-corrected chi connectivity index (χ4v) is 2.78. The maximum atomic E-state index is 10.8. The topological polar surface area (TPSA) is 112 Å². The van der Waals surface area contributed by atoms with Crippen LogP contribution in [-0.4, -0.2) is 32.1 Å². The van der Waals surface area contributed by atoms with Gasteiger partial charge >= 0.3 is 7.82 Å². The van der Waals surface area contributed by atoms with Crippen molar-refractivity contribution in [2.24, 2.45) is 4.99 Å². The highest BCUT2D eigenvalue weighted by Crippen LogP contribution is 2.37. The zero-order chi connectivity index (χ0) is 16.2. The van der Waals surface area contributed by atoms with Crippen LogP contribution in [0, 0.1) is 6.92 Å². The van der Waals surface area contributed by atoms with E-state index in [0.717, 1.165) is 25.7 Å². The van der Waals surface area contributed by atoms with Crippen LogP contribution in [0.4, 0.5) is 0 Å². The number of rotatable bonds is 5. The van der Waals surface area contributed by atoms with Crippen LogP contribution in [0.25, 0.3) is 0 Å². The average molecular weight is 328 g/mol. The van der Waals surface area contributed by atoms with Crippen molar-refractivity contribution in [2.75, 3.05) is 0 Å². The molecular weight excluding hydrogens is 307 g/mol. The van der Waals surface area contributed by atoms with Gasteiger partial charge in [-0.25, -0.2) is 4.57 Å². The first-order chi connectivity index (χ1) is 10.4. The lowest BCUT2D eigenvalue weighted by Gasteiger charge is -2.17. The molecule has 0 aromatic carbocycles. The summed E-state index contributed by atoms with van der Waals surface area (Å²) < 4.78 is 15.3. The maximum absolute atomic E-state index is 10.8. The van der Waals surface area contributed by atoms with E-state index < -0.39 is 7.82 Å². The molecule has 0 saturated heterocycles. The molecule has 1 aliphatic carbocycles. The quantitative estimate of drug-likeness (QED) is 0.565. The van der Waals surface area contributed by atoms with Gasteiger partial charge in [0.05, 0.1) is 12.3 Å². The predicted octanol–water partition coefficient (Wildman–Crippen LogP) is 2.46. The van der Waals surface area contributed by atoms with Crippen molar-refractivity contribution in [3.05, 3.63) is 23.0 Å². The molecule has 1 aliphatic rings. The van der Waals surface area contributed by atoms with Crippen LogP contribution in [0.5, 0.6) is 5.75 Å². The van der Waals surface area contributed by atoms with E-state index in [0.29, 0.717) is 16.8 Å². The smallest absolute Gasteiger partial charge is 0.469 e. The van der Waals surface area contributed by atoms with Gasteiger partial charge in [-0.2, -0.15) is 0 Å². The molecule has 3 N–H and O–H groups in total. The molecule has 0 spiro atoms. The van der Waals surface area contributed by atoms with Crippen LogP contribution in [-0.2, 0) is 15.7 Å². The first-order valence-corrected chi connectivity index (χ1v) is 8.80. The number of pyridine rings is 1. The number of phosphoric acid groups is 1. The second-order valence-electron chi connectivity index (χ2n) is 5.47. The number of aliphatic imine (C=N–C) groups is 1. The molecule has 0 bridgehead atoms. The van der Waals surface area contributed by atoms with E-state index in [1.54, 1.807) is 13.1 Å². The molecule has 1 aromatic heterocycles. The summed E-state index contributed by atoms with van der Waals surface area (Å²) in [5.41, 5.74) is 1.24. The van der Waals surface area contributed by atoms with Crippen molar-refractivity contribution >= 4 is 14.0 Å². The molecule has 1 saturated carbocycles. The van der Waals surface area contributed by atoms with E-state index in [2.05, 4.69) is 14.5 Å². The summed E-state index contributed by atoms with van der Waals surface area (Å²) >= 11 is 0. The Balaban J connectivity index is 2.21. The SMILES string of the molecule is Cc1ncc(COP(=O)(O)O)c(C=NC2CCCCC2)c1O. The van der Waals surface area contributed by atoms with Gasteiger partial charge in [0.1, 0.15) is 5.75 Å². The lowest BCUT2D eigenvalue weighted by atomic mass is 9.96. The van der Waals surface area contributed by atoms with Gasteiger partial charge in [0.2, 0.25) is 0 Å². The zero-order valence-corrected chi connectivity index (χ0v) is 13.4. The average Bonchev–Trinajstić information content (AvgIpc) is 2.47. The Hall–Kier alpha value is -1.27. The number of phosphoric ester groups is 1. The molecule has 7 nitrogen and oxygen atoms in total. The molecule has 1 aromatic rings. The van der Waals surface area contributed by atoms with Crippen LogP contribution in [0.15, 0.2) is 11.2 Å². The Kier molecular flexibility index (Phi) is 5.69. The minimum Gasteiger partial charge on any atom is -0.505 e. The van der Waals surface area contributed by atoms with Gasteiger partial charge in [-0.3, -0.25) is 14.5 Å². The molecule has 8 heteroatoms. The third-order valence-corrected chi connectivity index (χ3v) is 4.20. The van der Waals surface area contributed by atoms with Crippen molar-refractivity contribution in [2.45, 2.75) is 51.7 Å². The standard InChI is InChI=1S/C14H21N2O5P/c1-10-14(17)13(8-16-12-5-3-2-4-6-12)11(7-15-10)9-21-22(18,19)20/h7-8,12,17H,2-6,9H2,1H3,(H2,18,19,20). The van der Waals surface area contributed by atoms with Gasteiger partial charge in [0, 0.05) is 29.6 Å². The molecular formula is C14H21N2O5P. The molecule has 0 atom stereocenters. The monoisotopic (exact) mass is 328 g/mol. The molecule has 22 heavy (non-hydrogen) atoms. The highest BCUT2D eigenvalue weighted by molar-refractivity contribution is 7.46. The Bertz CT molecular complexity index is 593. The largest absolute Gasteiger partial charge is 0.505 e. The summed E-state index contributed by atoms with van der Waals surface area (Å²) in [6.07, 6.45) is 8.58. The van der Waals surface area contributed by atoms with Gasteiger partial charge in [0.25, 0.3) is 0 Å². The van der Waals surface area contributed by atoms with Gasteiger partial charge in [0.15, 0.2) is 0 Å². The van der Waals surface area contributed by atoms with Crippen molar-refractivity contribution in [1.29, 1.82) is 0 Å². The summed E-state index contributed by atoms with van der Waals surface area (Å²) in [6, 6.07) is 0.233. The molecule has 0 amide bonds.